The highest BCUT2D eigenvalue weighted by Gasteiger charge is 2.31. The van der Waals surface area contributed by atoms with Crippen LogP contribution in [0.1, 0.15) is 31.7 Å². The molecule has 1 N–H and O–H groups in total. The van der Waals surface area contributed by atoms with E-state index in [4.69, 9.17) is 9.47 Å². The largest absolute Gasteiger partial charge is 0.489 e. The molecule has 0 unspecified atom stereocenters. The van der Waals surface area contributed by atoms with Gasteiger partial charge in [-0.2, -0.15) is 0 Å². The van der Waals surface area contributed by atoms with Crippen molar-refractivity contribution in [3.05, 3.63) is 29.8 Å². The quantitative estimate of drug-likeness (QED) is 0.845. The zero-order valence-corrected chi connectivity index (χ0v) is 11.7. The van der Waals surface area contributed by atoms with Crippen molar-refractivity contribution in [2.75, 3.05) is 13.7 Å². The molecule has 1 aromatic rings. The van der Waals surface area contributed by atoms with Gasteiger partial charge in [-0.3, -0.25) is 4.79 Å². The summed E-state index contributed by atoms with van der Waals surface area (Å²) in [5, 5.41) is 3.13. The number of carbonyl (C=O) groups is 1. The highest BCUT2D eigenvalue weighted by Crippen LogP contribution is 2.28. The molecule has 1 aliphatic rings. The number of hydrogen-bond acceptors (Lipinski definition) is 4. The fraction of sp³-hybridized carbons (Fsp3) is 0.533. The maximum absolute atomic E-state index is 11.4. The first-order chi connectivity index (χ1) is 9.11. The van der Waals surface area contributed by atoms with Crippen molar-refractivity contribution >= 4 is 5.97 Å². The summed E-state index contributed by atoms with van der Waals surface area (Å²) in [5.74, 6) is 1.11. The molecule has 0 aromatic heterocycles. The fourth-order valence-corrected chi connectivity index (χ4v) is 2.36. The molecule has 2 rings (SSSR count). The van der Waals surface area contributed by atoms with E-state index >= 15 is 0 Å². The molecule has 0 aliphatic carbocycles. The highest BCUT2D eigenvalue weighted by atomic mass is 16.5. The van der Waals surface area contributed by atoms with Gasteiger partial charge in [-0.15, -0.1) is 0 Å². The Kier molecular flexibility index (Phi) is 4.43. The van der Waals surface area contributed by atoms with Gasteiger partial charge in [0.15, 0.2) is 0 Å². The van der Waals surface area contributed by atoms with Gasteiger partial charge in [-0.05, 0) is 17.5 Å². The Labute approximate surface area is 114 Å². The Bertz CT molecular complexity index is 445. The Hall–Kier alpha value is -1.55. The minimum atomic E-state index is -0.249. The first kappa shape index (κ1) is 13.9. The third kappa shape index (κ3) is 3.26. The summed E-state index contributed by atoms with van der Waals surface area (Å²) in [5.41, 5.74) is 1.20. The molecule has 0 spiro atoms. The van der Waals surface area contributed by atoms with E-state index < -0.39 is 0 Å². The van der Waals surface area contributed by atoms with Crippen LogP contribution >= 0.6 is 0 Å². The molecule has 2 atom stereocenters. The highest BCUT2D eigenvalue weighted by molar-refractivity contribution is 5.76. The lowest BCUT2D eigenvalue weighted by molar-refractivity contribution is -0.142. The molecular formula is C15H21NO3. The van der Waals surface area contributed by atoms with E-state index in [1.165, 1.54) is 12.7 Å². The SMILES string of the molecule is COC(=O)[C@H]1C[C@@H](Oc2ccccc2C(C)C)CN1. The van der Waals surface area contributed by atoms with E-state index in [-0.39, 0.29) is 18.1 Å². The number of hydrogen-bond donors (Lipinski definition) is 1. The molecule has 4 heteroatoms. The first-order valence-electron chi connectivity index (χ1n) is 6.68. The number of benzene rings is 1. The second kappa shape index (κ2) is 6.06. The fourth-order valence-electron chi connectivity index (χ4n) is 2.36. The van der Waals surface area contributed by atoms with Crippen molar-refractivity contribution in [1.29, 1.82) is 0 Å². The third-order valence-corrected chi connectivity index (χ3v) is 3.41. The predicted molar refractivity (Wildman–Crippen MR) is 73.4 cm³/mol. The van der Waals surface area contributed by atoms with E-state index in [9.17, 15) is 4.79 Å². The molecule has 0 bridgehead atoms. The molecule has 1 heterocycles. The summed E-state index contributed by atoms with van der Waals surface area (Å²) in [4.78, 5) is 11.4. The van der Waals surface area contributed by atoms with Gasteiger partial charge in [0, 0.05) is 13.0 Å². The van der Waals surface area contributed by atoms with E-state index in [0.29, 0.717) is 18.9 Å². The van der Waals surface area contributed by atoms with E-state index in [1.54, 1.807) is 0 Å². The smallest absolute Gasteiger partial charge is 0.323 e. The van der Waals surface area contributed by atoms with Crippen molar-refractivity contribution in [2.24, 2.45) is 0 Å². The van der Waals surface area contributed by atoms with Crippen LogP contribution in [0.15, 0.2) is 24.3 Å². The minimum absolute atomic E-state index is 0.0176. The number of nitrogens with one attached hydrogen (secondary N) is 1. The number of rotatable bonds is 4. The molecule has 1 aromatic carbocycles. The molecule has 1 saturated heterocycles. The van der Waals surface area contributed by atoms with Crippen LogP contribution in [0.25, 0.3) is 0 Å². The lowest BCUT2D eigenvalue weighted by Gasteiger charge is -2.17. The lowest BCUT2D eigenvalue weighted by Crippen LogP contribution is -2.31. The standard InChI is InChI=1S/C15H21NO3/c1-10(2)12-6-4-5-7-14(12)19-11-8-13(16-9-11)15(17)18-3/h4-7,10-11,13,16H,8-9H2,1-3H3/t11-,13-/m1/s1. The van der Waals surface area contributed by atoms with Gasteiger partial charge in [-0.1, -0.05) is 32.0 Å². The van der Waals surface area contributed by atoms with Gasteiger partial charge in [-0.25, -0.2) is 0 Å². The van der Waals surface area contributed by atoms with E-state index in [1.807, 2.05) is 18.2 Å². The zero-order chi connectivity index (χ0) is 13.8. The van der Waals surface area contributed by atoms with Gasteiger partial charge in [0.1, 0.15) is 17.9 Å². The Morgan fingerprint density at radius 1 is 1.37 bits per heavy atom. The topological polar surface area (TPSA) is 47.6 Å². The van der Waals surface area contributed by atoms with E-state index in [2.05, 4.69) is 25.2 Å². The van der Waals surface area contributed by atoms with Crippen LogP contribution in [0.3, 0.4) is 0 Å². The zero-order valence-electron chi connectivity index (χ0n) is 11.7. The Balaban J connectivity index is 2.01. The summed E-state index contributed by atoms with van der Waals surface area (Å²) in [6.07, 6.45) is 0.669. The minimum Gasteiger partial charge on any atom is -0.489 e. The average Bonchev–Trinajstić information content (AvgIpc) is 2.86. The maximum Gasteiger partial charge on any atom is 0.323 e. The van der Waals surface area contributed by atoms with Crippen LogP contribution in [0.5, 0.6) is 5.75 Å². The molecular weight excluding hydrogens is 242 g/mol. The van der Waals surface area contributed by atoms with Crippen molar-refractivity contribution in [3.63, 3.8) is 0 Å². The number of para-hydroxylation sites is 1. The monoisotopic (exact) mass is 263 g/mol. The van der Waals surface area contributed by atoms with Crippen LogP contribution in [-0.2, 0) is 9.53 Å². The van der Waals surface area contributed by atoms with E-state index in [0.717, 1.165) is 5.75 Å². The lowest BCUT2D eigenvalue weighted by atomic mass is 10.0. The van der Waals surface area contributed by atoms with Gasteiger partial charge in [0.25, 0.3) is 0 Å². The maximum atomic E-state index is 11.4. The second-order valence-corrected chi connectivity index (χ2v) is 5.15. The van der Waals surface area contributed by atoms with Crippen LogP contribution in [0.2, 0.25) is 0 Å². The number of ether oxygens (including phenoxy) is 2. The molecule has 1 fully saturated rings. The van der Waals surface area contributed by atoms with Crippen LogP contribution in [0.4, 0.5) is 0 Å². The Morgan fingerprint density at radius 2 is 2.11 bits per heavy atom. The van der Waals surface area contributed by atoms with Crippen molar-refractivity contribution in [1.82, 2.24) is 5.32 Å². The summed E-state index contributed by atoms with van der Waals surface area (Å²) in [6.45, 7) is 4.96. The average molecular weight is 263 g/mol. The number of esters is 1. The number of methoxy groups -OCH3 is 1. The van der Waals surface area contributed by atoms with Gasteiger partial charge >= 0.3 is 5.97 Å². The predicted octanol–water partition coefficient (Wildman–Crippen LogP) is 2.09. The summed E-state index contributed by atoms with van der Waals surface area (Å²) in [7, 11) is 1.41. The van der Waals surface area contributed by atoms with Crippen LogP contribution in [-0.4, -0.2) is 31.8 Å². The molecule has 19 heavy (non-hydrogen) atoms. The van der Waals surface area contributed by atoms with Crippen molar-refractivity contribution < 1.29 is 14.3 Å². The molecule has 0 saturated carbocycles. The summed E-state index contributed by atoms with van der Waals surface area (Å²) in [6, 6.07) is 7.82. The summed E-state index contributed by atoms with van der Waals surface area (Å²) >= 11 is 0. The molecule has 0 radical (unpaired) electrons. The normalized spacial score (nSPS) is 22.5. The van der Waals surface area contributed by atoms with Crippen LogP contribution in [0, 0.1) is 0 Å². The number of carbonyl (C=O) groups excluding carboxylic acids is 1. The first-order valence-corrected chi connectivity index (χ1v) is 6.68. The van der Waals surface area contributed by atoms with Crippen molar-refractivity contribution in [3.8, 4) is 5.75 Å². The molecule has 4 nitrogen and oxygen atoms in total. The van der Waals surface area contributed by atoms with Gasteiger partial charge < -0.3 is 14.8 Å². The van der Waals surface area contributed by atoms with Crippen LogP contribution < -0.4 is 10.1 Å². The third-order valence-electron chi connectivity index (χ3n) is 3.41. The molecule has 0 amide bonds. The molecule has 1 aliphatic heterocycles. The van der Waals surface area contributed by atoms with Crippen molar-refractivity contribution in [2.45, 2.75) is 38.3 Å². The summed E-state index contributed by atoms with van der Waals surface area (Å²) < 4.78 is 10.8. The Morgan fingerprint density at radius 3 is 2.79 bits per heavy atom. The van der Waals surface area contributed by atoms with Gasteiger partial charge in [0.2, 0.25) is 0 Å². The molecule has 104 valence electrons. The van der Waals surface area contributed by atoms with Gasteiger partial charge in [0.05, 0.1) is 7.11 Å². The second-order valence-electron chi connectivity index (χ2n) is 5.15.